The number of hydrogen-bond acceptors (Lipinski definition) is 2. The predicted molar refractivity (Wildman–Crippen MR) is 93.4 cm³/mol. The summed E-state index contributed by atoms with van der Waals surface area (Å²) in [7, 11) is 0. The number of hydrogen-bond donors (Lipinski definition) is 1. The zero-order valence-electron chi connectivity index (χ0n) is 14.3. The fourth-order valence-electron chi connectivity index (χ4n) is 2.67. The standard InChI is InChI=1S/C16H16O2.2C2H6/c1-11-6-2-3-7-12(11)14-10-16(17)18-15-9-5-4-8-13(14)15;2*1-2/h2-9,14,16-17H,10H2,1H3;2*1-2H3/t14-,16?;;/m1../s1. The first-order chi connectivity index (χ1) is 10.8. The summed E-state index contributed by atoms with van der Waals surface area (Å²) in [5, 5.41) is 9.86. The first kappa shape index (κ1) is 18.2. The van der Waals surface area contributed by atoms with Gasteiger partial charge in [0.1, 0.15) is 5.75 Å². The highest BCUT2D eigenvalue weighted by molar-refractivity contribution is 5.45. The van der Waals surface area contributed by atoms with Crippen LogP contribution in [-0.4, -0.2) is 11.4 Å². The molecular formula is C20H28O2. The molecule has 0 bridgehead atoms. The molecule has 0 fully saturated rings. The molecule has 1 unspecified atom stereocenters. The van der Waals surface area contributed by atoms with E-state index >= 15 is 0 Å². The maximum absolute atomic E-state index is 9.86. The van der Waals surface area contributed by atoms with Gasteiger partial charge in [0.25, 0.3) is 0 Å². The molecule has 0 amide bonds. The summed E-state index contributed by atoms with van der Waals surface area (Å²) in [5.74, 6) is 1.01. The first-order valence-corrected chi connectivity index (χ1v) is 8.25. The lowest BCUT2D eigenvalue weighted by atomic mass is 9.84. The van der Waals surface area contributed by atoms with Crippen LogP contribution in [0.3, 0.4) is 0 Å². The van der Waals surface area contributed by atoms with E-state index in [1.54, 1.807) is 0 Å². The Labute approximate surface area is 134 Å². The Bertz CT molecular complexity index is 563. The van der Waals surface area contributed by atoms with Crippen LogP contribution < -0.4 is 4.74 Å². The largest absolute Gasteiger partial charge is 0.465 e. The number of benzene rings is 2. The molecule has 0 aromatic heterocycles. The first-order valence-electron chi connectivity index (χ1n) is 8.25. The number of rotatable bonds is 1. The molecule has 0 aliphatic carbocycles. The van der Waals surface area contributed by atoms with Crippen molar-refractivity contribution in [2.45, 2.75) is 53.2 Å². The minimum Gasteiger partial charge on any atom is -0.465 e. The van der Waals surface area contributed by atoms with Gasteiger partial charge in [0.2, 0.25) is 0 Å². The van der Waals surface area contributed by atoms with E-state index in [9.17, 15) is 5.11 Å². The van der Waals surface area contributed by atoms with Crippen LogP contribution in [0.1, 0.15) is 56.7 Å². The number of fused-ring (bicyclic) bond motifs is 1. The number of para-hydroxylation sites is 1. The molecule has 0 saturated heterocycles. The number of aliphatic hydroxyl groups excluding tert-OH is 1. The number of ether oxygens (including phenoxy) is 1. The Morgan fingerprint density at radius 3 is 2.05 bits per heavy atom. The van der Waals surface area contributed by atoms with E-state index < -0.39 is 6.29 Å². The molecule has 3 rings (SSSR count). The van der Waals surface area contributed by atoms with Gasteiger partial charge in [-0.1, -0.05) is 70.2 Å². The van der Waals surface area contributed by atoms with Gasteiger partial charge in [0, 0.05) is 17.9 Å². The van der Waals surface area contributed by atoms with Gasteiger partial charge in [-0.2, -0.15) is 0 Å². The molecule has 0 saturated carbocycles. The lowest BCUT2D eigenvalue weighted by molar-refractivity contribution is -0.0359. The van der Waals surface area contributed by atoms with Crippen molar-refractivity contribution in [3.8, 4) is 5.75 Å². The molecule has 2 aromatic carbocycles. The van der Waals surface area contributed by atoms with Gasteiger partial charge in [-0.25, -0.2) is 0 Å². The number of aliphatic hydroxyl groups is 1. The summed E-state index contributed by atoms with van der Waals surface area (Å²) in [6.45, 7) is 10.1. The van der Waals surface area contributed by atoms with E-state index in [4.69, 9.17) is 4.74 Å². The molecule has 1 N–H and O–H groups in total. The Morgan fingerprint density at radius 1 is 0.864 bits per heavy atom. The van der Waals surface area contributed by atoms with Crippen molar-refractivity contribution in [2.24, 2.45) is 0 Å². The van der Waals surface area contributed by atoms with Gasteiger partial charge < -0.3 is 9.84 Å². The second-order valence-electron chi connectivity index (χ2n) is 4.76. The van der Waals surface area contributed by atoms with E-state index in [-0.39, 0.29) is 5.92 Å². The SMILES string of the molecule is CC.CC.Cc1ccccc1[C@H]1CC(O)Oc2ccccc21. The third-order valence-corrected chi connectivity index (χ3v) is 3.56. The second-order valence-corrected chi connectivity index (χ2v) is 4.76. The Hall–Kier alpha value is -1.80. The third kappa shape index (κ3) is 4.11. The van der Waals surface area contributed by atoms with Crippen LogP contribution in [0.2, 0.25) is 0 Å². The Morgan fingerprint density at radius 2 is 1.41 bits per heavy atom. The average molecular weight is 300 g/mol. The highest BCUT2D eigenvalue weighted by Gasteiger charge is 2.28. The third-order valence-electron chi connectivity index (χ3n) is 3.56. The van der Waals surface area contributed by atoms with Gasteiger partial charge in [-0.15, -0.1) is 0 Å². The minimum absolute atomic E-state index is 0.214. The molecule has 1 heterocycles. The van der Waals surface area contributed by atoms with Crippen LogP contribution in [0, 0.1) is 6.92 Å². The van der Waals surface area contributed by atoms with Crippen molar-refractivity contribution in [2.75, 3.05) is 0 Å². The average Bonchev–Trinajstić information content (AvgIpc) is 2.58. The van der Waals surface area contributed by atoms with Crippen LogP contribution in [0.25, 0.3) is 0 Å². The van der Waals surface area contributed by atoms with Crippen LogP contribution in [0.15, 0.2) is 48.5 Å². The highest BCUT2D eigenvalue weighted by atomic mass is 16.6. The lowest BCUT2D eigenvalue weighted by Gasteiger charge is -2.30. The molecule has 22 heavy (non-hydrogen) atoms. The van der Waals surface area contributed by atoms with Gasteiger partial charge in [0.05, 0.1) is 0 Å². The number of aryl methyl sites for hydroxylation is 1. The van der Waals surface area contributed by atoms with E-state index in [1.807, 2.05) is 58.0 Å². The lowest BCUT2D eigenvalue weighted by Crippen LogP contribution is -2.25. The normalized spacial score (nSPS) is 18.6. The summed E-state index contributed by atoms with van der Waals surface area (Å²) in [6, 6.07) is 16.3. The topological polar surface area (TPSA) is 29.5 Å². The van der Waals surface area contributed by atoms with Crippen molar-refractivity contribution in [3.05, 3.63) is 65.2 Å². The molecule has 2 heteroatoms. The van der Waals surface area contributed by atoms with Crippen molar-refractivity contribution in [1.82, 2.24) is 0 Å². The van der Waals surface area contributed by atoms with Gasteiger partial charge in [0.15, 0.2) is 6.29 Å². The quantitative estimate of drug-likeness (QED) is 0.776. The zero-order chi connectivity index (χ0) is 16.5. The van der Waals surface area contributed by atoms with Crippen molar-refractivity contribution < 1.29 is 9.84 Å². The molecule has 1 aliphatic heterocycles. The monoisotopic (exact) mass is 300 g/mol. The smallest absolute Gasteiger partial charge is 0.198 e. The predicted octanol–water partition coefficient (Wildman–Crippen LogP) is 5.28. The molecular weight excluding hydrogens is 272 g/mol. The van der Waals surface area contributed by atoms with Gasteiger partial charge in [-0.3, -0.25) is 0 Å². The fourth-order valence-corrected chi connectivity index (χ4v) is 2.67. The van der Waals surface area contributed by atoms with Crippen LogP contribution >= 0.6 is 0 Å². The van der Waals surface area contributed by atoms with E-state index in [2.05, 4.69) is 25.1 Å². The molecule has 2 aromatic rings. The molecule has 120 valence electrons. The van der Waals surface area contributed by atoms with E-state index in [1.165, 1.54) is 11.1 Å². The summed E-state index contributed by atoms with van der Waals surface area (Å²) in [4.78, 5) is 0. The molecule has 0 radical (unpaired) electrons. The maximum atomic E-state index is 9.86. The summed E-state index contributed by atoms with van der Waals surface area (Å²) < 4.78 is 5.48. The maximum Gasteiger partial charge on any atom is 0.198 e. The fraction of sp³-hybridized carbons (Fsp3) is 0.400. The van der Waals surface area contributed by atoms with E-state index in [0.29, 0.717) is 6.42 Å². The molecule has 2 atom stereocenters. The Balaban J connectivity index is 0.000000561. The summed E-state index contributed by atoms with van der Waals surface area (Å²) >= 11 is 0. The minimum atomic E-state index is -0.718. The molecule has 1 aliphatic rings. The van der Waals surface area contributed by atoms with Crippen molar-refractivity contribution >= 4 is 0 Å². The van der Waals surface area contributed by atoms with Crippen LogP contribution in [0.5, 0.6) is 5.75 Å². The summed E-state index contributed by atoms with van der Waals surface area (Å²) in [5.41, 5.74) is 3.69. The van der Waals surface area contributed by atoms with Crippen LogP contribution in [0.4, 0.5) is 0 Å². The van der Waals surface area contributed by atoms with Crippen molar-refractivity contribution in [3.63, 3.8) is 0 Å². The second kappa shape index (κ2) is 9.26. The van der Waals surface area contributed by atoms with Gasteiger partial charge >= 0.3 is 0 Å². The zero-order valence-corrected chi connectivity index (χ0v) is 14.3. The van der Waals surface area contributed by atoms with E-state index in [0.717, 1.165) is 11.3 Å². The van der Waals surface area contributed by atoms with Crippen LogP contribution in [-0.2, 0) is 0 Å². The van der Waals surface area contributed by atoms with Crippen molar-refractivity contribution in [1.29, 1.82) is 0 Å². The Kier molecular flexibility index (Phi) is 7.69. The summed E-state index contributed by atoms with van der Waals surface area (Å²) in [6.07, 6.45) is -0.105. The van der Waals surface area contributed by atoms with Gasteiger partial charge in [-0.05, 0) is 24.1 Å². The molecule has 2 nitrogen and oxygen atoms in total. The highest BCUT2D eigenvalue weighted by Crippen LogP contribution is 2.40. The molecule has 0 spiro atoms.